The minimum Gasteiger partial charge on any atom is -0.351 e. The molecular weight excluding hydrogens is 422 g/mol. The van der Waals surface area contributed by atoms with Gasteiger partial charge in [-0.15, -0.1) is 0 Å². The molecule has 6 nitrogen and oxygen atoms in total. The van der Waals surface area contributed by atoms with Crippen molar-refractivity contribution in [3.05, 3.63) is 47.2 Å². The summed E-state index contributed by atoms with van der Waals surface area (Å²) in [6, 6.07) is 4.21. The first-order valence-electron chi connectivity index (χ1n) is 11.9. The van der Waals surface area contributed by atoms with Crippen LogP contribution in [0.3, 0.4) is 0 Å². The fraction of sp³-hybridized carbons (Fsp3) is 0.520. The highest BCUT2D eigenvalue weighted by molar-refractivity contribution is 5.83. The van der Waals surface area contributed by atoms with Gasteiger partial charge >= 0.3 is 0 Å². The van der Waals surface area contributed by atoms with Crippen molar-refractivity contribution in [2.45, 2.75) is 77.8 Å². The largest absolute Gasteiger partial charge is 0.351 e. The van der Waals surface area contributed by atoms with Crippen LogP contribution in [0.1, 0.15) is 68.2 Å². The van der Waals surface area contributed by atoms with Crippen LogP contribution in [-0.4, -0.2) is 37.0 Å². The van der Waals surface area contributed by atoms with Crippen molar-refractivity contribution in [2.24, 2.45) is 5.92 Å². The number of allylic oxidation sites excluding steroid dienone is 1. The molecule has 1 N–H and O–H groups in total. The summed E-state index contributed by atoms with van der Waals surface area (Å²) in [5, 5.41) is 3.54. The fourth-order valence-corrected chi connectivity index (χ4v) is 4.98. The van der Waals surface area contributed by atoms with Gasteiger partial charge in [0.1, 0.15) is 11.3 Å². The zero-order valence-electron chi connectivity index (χ0n) is 19.2. The van der Waals surface area contributed by atoms with Crippen LogP contribution in [0, 0.1) is 12.8 Å². The van der Waals surface area contributed by atoms with Gasteiger partial charge in [-0.2, -0.15) is 0 Å². The molecule has 3 aromatic heterocycles. The van der Waals surface area contributed by atoms with Crippen molar-refractivity contribution in [1.82, 2.24) is 24.5 Å². The molecule has 2 aliphatic carbocycles. The molecule has 0 radical (unpaired) electrons. The number of nitrogens with zero attached hydrogens (tertiary/aromatic N) is 5. The lowest BCUT2D eigenvalue weighted by molar-refractivity contribution is 0.127. The van der Waals surface area contributed by atoms with Crippen molar-refractivity contribution in [3.8, 4) is 0 Å². The number of fused-ring (bicyclic) bond motifs is 2. The molecule has 0 bridgehead atoms. The van der Waals surface area contributed by atoms with Crippen LogP contribution in [0.2, 0.25) is 0 Å². The van der Waals surface area contributed by atoms with E-state index < -0.39 is 13.0 Å². The molecule has 8 heteroatoms. The average molecular weight is 453 g/mol. The third kappa shape index (κ3) is 4.61. The molecule has 5 rings (SSSR count). The second-order valence-electron chi connectivity index (χ2n) is 9.37. The monoisotopic (exact) mass is 452 g/mol. The number of nitrogens with one attached hydrogen (secondary N) is 1. The van der Waals surface area contributed by atoms with E-state index in [-0.39, 0.29) is 0 Å². The highest BCUT2D eigenvalue weighted by Crippen LogP contribution is 2.31. The maximum absolute atomic E-state index is 13.1. The normalized spacial score (nSPS) is 21.1. The Morgan fingerprint density at radius 1 is 1.12 bits per heavy atom. The minimum atomic E-state index is -2.46. The first-order valence-corrected chi connectivity index (χ1v) is 11.9. The van der Waals surface area contributed by atoms with Crippen LogP contribution in [0.4, 0.5) is 14.7 Å². The van der Waals surface area contributed by atoms with Crippen LogP contribution >= 0.6 is 0 Å². The summed E-state index contributed by atoms with van der Waals surface area (Å²) in [5.74, 6) is 2.04. The van der Waals surface area contributed by atoms with Gasteiger partial charge in [-0.1, -0.05) is 13.0 Å². The van der Waals surface area contributed by atoms with E-state index in [4.69, 9.17) is 9.97 Å². The Labute approximate surface area is 192 Å². The van der Waals surface area contributed by atoms with Gasteiger partial charge in [-0.25, -0.2) is 28.7 Å². The number of halogens is 2. The van der Waals surface area contributed by atoms with E-state index in [1.54, 1.807) is 6.92 Å². The number of aryl methyl sites for hydroxylation is 2. The summed E-state index contributed by atoms with van der Waals surface area (Å²) in [6.07, 6.45) is 9.17. The first-order chi connectivity index (χ1) is 16.0. The van der Waals surface area contributed by atoms with Crippen molar-refractivity contribution in [3.63, 3.8) is 0 Å². The zero-order chi connectivity index (χ0) is 22.9. The van der Waals surface area contributed by atoms with Gasteiger partial charge in [0.05, 0.1) is 17.9 Å². The Hall–Kier alpha value is -2.90. The number of hydrogen-bond donors (Lipinski definition) is 1. The second-order valence-corrected chi connectivity index (χ2v) is 9.37. The fourth-order valence-electron chi connectivity index (χ4n) is 4.98. The van der Waals surface area contributed by atoms with Gasteiger partial charge in [0.2, 0.25) is 5.95 Å². The van der Waals surface area contributed by atoms with E-state index >= 15 is 0 Å². The highest BCUT2D eigenvalue weighted by atomic mass is 19.3. The van der Waals surface area contributed by atoms with E-state index in [0.717, 1.165) is 60.5 Å². The Bertz CT molecular complexity index is 1180. The molecule has 2 aliphatic rings. The summed E-state index contributed by atoms with van der Waals surface area (Å²) in [7, 11) is 0. The van der Waals surface area contributed by atoms with E-state index in [1.165, 1.54) is 17.4 Å². The van der Waals surface area contributed by atoms with Crippen LogP contribution < -0.4 is 5.32 Å². The molecule has 0 spiro atoms. The number of pyridine rings is 1. The minimum absolute atomic E-state index is 0.410. The number of rotatable bonds is 5. The van der Waals surface area contributed by atoms with Gasteiger partial charge < -0.3 is 9.88 Å². The van der Waals surface area contributed by atoms with Crippen molar-refractivity contribution in [2.75, 3.05) is 5.32 Å². The van der Waals surface area contributed by atoms with Crippen molar-refractivity contribution in [1.29, 1.82) is 0 Å². The standard InChI is InChI=1S/C25H30F2N6/c1-15-7-9-17(10-8-15)30-25-28-13-19-18(5-3-4-6-20(19)32-25)21-11-12-22-24(31-21)33(14-23(26)27)16(2)29-22/h5,11-13,15,17,23H,3-4,6-10,14H2,1-2H3,(H,28,30,32). The molecule has 1 saturated carbocycles. The Morgan fingerprint density at radius 3 is 2.73 bits per heavy atom. The Kier molecular flexibility index (Phi) is 6.08. The van der Waals surface area contributed by atoms with Crippen molar-refractivity contribution >= 4 is 22.7 Å². The highest BCUT2D eigenvalue weighted by Gasteiger charge is 2.22. The predicted molar refractivity (Wildman–Crippen MR) is 125 cm³/mol. The summed E-state index contributed by atoms with van der Waals surface area (Å²) in [5.41, 5.74) is 4.81. The average Bonchev–Trinajstić information content (AvgIpc) is 2.96. The lowest BCUT2D eigenvalue weighted by Gasteiger charge is -2.27. The maximum atomic E-state index is 13.1. The summed E-state index contributed by atoms with van der Waals surface area (Å²) in [6.45, 7) is 3.64. The molecule has 0 amide bonds. The number of alkyl halides is 2. The topological polar surface area (TPSA) is 68.5 Å². The quantitative estimate of drug-likeness (QED) is 0.549. The number of hydrogen-bond acceptors (Lipinski definition) is 5. The number of aromatic nitrogens is 5. The van der Waals surface area contributed by atoms with E-state index in [9.17, 15) is 8.78 Å². The smallest absolute Gasteiger partial charge is 0.256 e. The molecule has 0 atom stereocenters. The Morgan fingerprint density at radius 2 is 1.94 bits per heavy atom. The van der Waals surface area contributed by atoms with Crippen LogP contribution in [0.5, 0.6) is 0 Å². The van der Waals surface area contributed by atoms with Crippen LogP contribution in [0.25, 0.3) is 16.7 Å². The van der Waals surface area contributed by atoms with E-state index in [0.29, 0.717) is 29.0 Å². The molecule has 174 valence electrons. The summed E-state index contributed by atoms with van der Waals surface area (Å²) < 4.78 is 27.7. The lowest BCUT2D eigenvalue weighted by Crippen LogP contribution is -2.26. The first kappa shape index (κ1) is 21.9. The summed E-state index contributed by atoms with van der Waals surface area (Å²) in [4.78, 5) is 18.7. The van der Waals surface area contributed by atoms with Crippen molar-refractivity contribution < 1.29 is 8.78 Å². The molecule has 33 heavy (non-hydrogen) atoms. The zero-order valence-corrected chi connectivity index (χ0v) is 19.2. The summed E-state index contributed by atoms with van der Waals surface area (Å²) >= 11 is 0. The van der Waals surface area contributed by atoms with Gasteiger partial charge in [0.25, 0.3) is 6.43 Å². The van der Waals surface area contributed by atoms with Gasteiger partial charge in [-0.3, -0.25) is 0 Å². The third-order valence-corrected chi connectivity index (χ3v) is 6.85. The molecule has 0 saturated heterocycles. The van der Waals surface area contributed by atoms with E-state index in [1.807, 2.05) is 18.3 Å². The molecule has 3 aromatic rings. The second kappa shape index (κ2) is 9.15. The predicted octanol–water partition coefficient (Wildman–Crippen LogP) is 5.55. The SMILES string of the molecule is Cc1nc2ccc(C3=CCCCc4nc(NC5CCC(C)CC5)ncc43)nc2n1CC(F)F. The number of imidazole rings is 1. The maximum Gasteiger partial charge on any atom is 0.256 e. The molecule has 0 unspecified atom stereocenters. The molecule has 0 aromatic carbocycles. The number of anilines is 1. The third-order valence-electron chi connectivity index (χ3n) is 6.85. The van der Waals surface area contributed by atoms with Gasteiger partial charge in [0.15, 0.2) is 5.65 Å². The molecule has 0 aliphatic heterocycles. The van der Waals surface area contributed by atoms with Gasteiger partial charge in [0, 0.05) is 23.4 Å². The molecular formula is C25H30F2N6. The molecule has 3 heterocycles. The lowest BCUT2D eigenvalue weighted by atomic mass is 9.87. The van der Waals surface area contributed by atoms with E-state index in [2.05, 4.69) is 28.3 Å². The molecule has 1 fully saturated rings. The van der Waals surface area contributed by atoms with Crippen LogP contribution in [0.15, 0.2) is 24.4 Å². The Balaban J connectivity index is 1.46. The van der Waals surface area contributed by atoms with Crippen LogP contribution in [-0.2, 0) is 13.0 Å². The van der Waals surface area contributed by atoms with Gasteiger partial charge in [-0.05, 0) is 69.9 Å².